The van der Waals surface area contributed by atoms with Crippen LogP contribution in [-0.2, 0) is 9.53 Å². The second-order valence-electron chi connectivity index (χ2n) is 3.78. The normalized spacial score (nSPS) is 11.6. The van der Waals surface area contributed by atoms with Gasteiger partial charge in [0, 0.05) is 17.8 Å². The third-order valence-corrected chi connectivity index (χ3v) is 2.07. The lowest BCUT2D eigenvalue weighted by molar-refractivity contribution is -0.141. The van der Waals surface area contributed by atoms with Gasteiger partial charge < -0.3 is 15.2 Å². The molecular weight excluding hydrogens is 218 g/mol. The Labute approximate surface area is 101 Å². The zero-order valence-corrected chi connectivity index (χ0v) is 9.85. The standard InChI is InChI=1S/C13H17NO3/c1-10(2)13(16)17-9-12(15)8-14-11-6-4-3-5-7-11/h3-7,12,14-15H,1,8-9H2,2H3/t12-/m1/s1. The minimum Gasteiger partial charge on any atom is -0.460 e. The van der Waals surface area contributed by atoms with E-state index in [9.17, 15) is 9.90 Å². The summed E-state index contributed by atoms with van der Waals surface area (Å²) in [6.45, 7) is 5.31. The summed E-state index contributed by atoms with van der Waals surface area (Å²) in [5.41, 5.74) is 1.24. The van der Waals surface area contributed by atoms with Crippen LogP contribution in [0.25, 0.3) is 0 Å². The monoisotopic (exact) mass is 235 g/mol. The molecule has 0 aliphatic carbocycles. The highest BCUT2D eigenvalue weighted by Crippen LogP contribution is 2.04. The van der Waals surface area contributed by atoms with Crippen LogP contribution in [0.15, 0.2) is 42.5 Å². The Morgan fingerprint density at radius 3 is 2.71 bits per heavy atom. The van der Waals surface area contributed by atoms with Crippen molar-refractivity contribution in [2.75, 3.05) is 18.5 Å². The molecule has 0 aromatic heterocycles. The number of aliphatic hydroxyl groups excluding tert-OH is 1. The van der Waals surface area contributed by atoms with Gasteiger partial charge >= 0.3 is 5.97 Å². The largest absolute Gasteiger partial charge is 0.460 e. The SMILES string of the molecule is C=C(C)C(=O)OC[C@H](O)CNc1ccccc1. The van der Waals surface area contributed by atoms with Gasteiger partial charge in [0.2, 0.25) is 0 Å². The summed E-state index contributed by atoms with van der Waals surface area (Å²) in [7, 11) is 0. The third kappa shape index (κ3) is 5.17. The van der Waals surface area contributed by atoms with E-state index in [1.807, 2.05) is 30.3 Å². The maximum absolute atomic E-state index is 11.1. The van der Waals surface area contributed by atoms with E-state index in [-0.39, 0.29) is 6.61 Å². The Kier molecular flexibility index (Phi) is 5.23. The number of aliphatic hydroxyl groups is 1. The highest BCUT2D eigenvalue weighted by atomic mass is 16.5. The number of anilines is 1. The number of nitrogens with one attached hydrogen (secondary N) is 1. The van der Waals surface area contributed by atoms with Crippen molar-refractivity contribution in [2.24, 2.45) is 0 Å². The molecule has 4 nitrogen and oxygen atoms in total. The highest BCUT2D eigenvalue weighted by molar-refractivity contribution is 5.86. The number of hydrogen-bond donors (Lipinski definition) is 2. The fraction of sp³-hybridized carbons (Fsp3) is 0.308. The number of hydrogen-bond acceptors (Lipinski definition) is 4. The van der Waals surface area contributed by atoms with Gasteiger partial charge in [-0.3, -0.25) is 0 Å². The van der Waals surface area contributed by atoms with Gasteiger partial charge in [-0.05, 0) is 19.1 Å². The van der Waals surface area contributed by atoms with Crippen molar-refractivity contribution in [3.8, 4) is 0 Å². The quantitative estimate of drug-likeness (QED) is 0.580. The van der Waals surface area contributed by atoms with Gasteiger partial charge in [-0.15, -0.1) is 0 Å². The van der Waals surface area contributed by atoms with Gasteiger partial charge in [-0.2, -0.15) is 0 Å². The predicted octanol–water partition coefficient (Wildman–Crippen LogP) is 1.58. The Morgan fingerprint density at radius 2 is 2.12 bits per heavy atom. The minimum atomic E-state index is -0.737. The molecule has 1 aromatic rings. The number of para-hydroxylation sites is 1. The summed E-state index contributed by atoms with van der Waals surface area (Å²) in [5, 5.41) is 12.6. The third-order valence-electron chi connectivity index (χ3n) is 2.07. The maximum atomic E-state index is 11.1. The summed E-state index contributed by atoms with van der Waals surface area (Å²) in [6.07, 6.45) is -0.737. The maximum Gasteiger partial charge on any atom is 0.333 e. The first-order valence-corrected chi connectivity index (χ1v) is 5.39. The van der Waals surface area contributed by atoms with Crippen LogP contribution >= 0.6 is 0 Å². The summed E-state index contributed by atoms with van der Waals surface area (Å²) >= 11 is 0. The molecule has 4 heteroatoms. The van der Waals surface area contributed by atoms with Gasteiger partial charge in [-0.1, -0.05) is 24.8 Å². The molecule has 0 aliphatic rings. The molecule has 1 rings (SSSR count). The van der Waals surface area contributed by atoms with Gasteiger partial charge in [-0.25, -0.2) is 4.79 Å². The second-order valence-corrected chi connectivity index (χ2v) is 3.78. The first-order chi connectivity index (χ1) is 8.09. The minimum absolute atomic E-state index is 0.0362. The first-order valence-electron chi connectivity index (χ1n) is 5.39. The topological polar surface area (TPSA) is 58.6 Å². The van der Waals surface area contributed by atoms with Crippen molar-refractivity contribution in [1.82, 2.24) is 0 Å². The smallest absolute Gasteiger partial charge is 0.333 e. The van der Waals surface area contributed by atoms with E-state index in [4.69, 9.17) is 4.74 Å². The average molecular weight is 235 g/mol. The van der Waals surface area contributed by atoms with Crippen LogP contribution in [0.1, 0.15) is 6.92 Å². The van der Waals surface area contributed by atoms with E-state index in [0.29, 0.717) is 12.1 Å². The molecule has 2 N–H and O–H groups in total. The molecular formula is C13H17NO3. The fourth-order valence-electron chi connectivity index (χ4n) is 1.15. The van der Waals surface area contributed by atoms with Crippen molar-refractivity contribution in [2.45, 2.75) is 13.0 Å². The number of esters is 1. The van der Waals surface area contributed by atoms with Gasteiger partial charge in [0.05, 0.1) is 0 Å². The highest BCUT2D eigenvalue weighted by Gasteiger charge is 2.08. The number of rotatable bonds is 6. The van der Waals surface area contributed by atoms with Crippen LogP contribution in [0.3, 0.4) is 0 Å². The molecule has 0 heterocycles. The molecule has 17 heavy (non-hydrogen) atoms. The molecule has 0 spiro atoms. The van der Waals surface area contributed by atoms with Crippen LogP contribution in [-0.4, -0.2) is 30.3 Å². The van der Waals surface area contributed by atoms with Crippen molar-refractivity contribution < 1.29 is 14.6 Å². The molecule has 1 aromatic carbocycles. The van der Waals surface area contributed by atoms with Gasteiger partial charge in [0.1, 0.15) is 12.7 Å². The van der Waals surface area contributed by atoms with E-state index in [1.54, 1.807) is 6.92 Å². The molecule has 92 valence electrons. The zero-order valence-electron chi connectivity index (χ0n) is 9.85. The van der Waals surface area contributed by atoms with E-state index in [1.165, 1.54) is 0 Å². The zero-order chi connectivity index (χ0) is 12.7. The van der Waals surface area contributed by atoms with E-state index in [2.05, 4.69) is 11.9 Å². The number of benzene rings is 1. The molecule has 0 saturated carbocycles. The number of carbonyl (C=O) groups is 1. The molecule has 1 atom stereocenters. The van der Waals surface area contributed by atoms with E-state index in [0.717, 1.165) is 5.69 Å². The first kappa shape index (κ1) is 13.3. The van der Waals surface area contributed by atoms with Crippen LogP contribution in [0.4, 0.5) is 5.69 Å². The second kappa shape index (κ2) is 6.70. The lowest BCUT2D eigenvalue weighted by Crippen LogP contribution is -2.26. The summed E-state index contributed by atoms with van der Waals surface area (Å²) in [4.78, 5) is 11.1. The summed E-state index contributed by atoms with van der Waals surface area (Å²) < 4.78 is 4.83. The Balaban J connectivity index is 2.24. The Morgan fingerprint density at radius 1 is 1.47 bits per heavy atom. The van der Waals surface area contributed by atoms with Crippen molar-refractivity contribution >= 4 is 11.7 Å². The lowest BCUT2D eigenvalue weighted by atomic mass is 10.3. The molecule has 0 bridgehead atoms. The Bertz CT molecular complexity index is 376. The van der Waals surface area contributed by atoms with Crippen LogP contribution in [0.2, 0.25) is 0 Å². The van der Waals surface area contributed by atoms with Crippen molar-refractivity contribution in [3.05, 3.63) is 42.5 Å². The summed E-state index contributed by atoms with van der Waals surface area (Å²) in [6, 6.07) is 9.50. The van der Waals surface area contributed by atoms with Gasteiger partial charge in [0.15, 0.2) is 0 Å². The average Bonchev–Trinajstić information content (AvgIpc) is 2.34. The summed E-state index contributed by atoms with van der Waals surface area (Å²) in [5.74, 6) is -0.483. The lowest BCUT2D eigenvalue weighted by Gasteiger charge is -2.13. The molecule has 0 amide bonds. The fourth-order valence-corrected chi connectivity index (χ4v) is 1.15. The van der Waals surface area contributed by atoms with Crippen LogP contribution < -0.4 is 5.32 Å². The van der Waals surface area contributed by atoms with Gasteiger partial charge in [0.25, 0.3) is 0 Å². The molecule has 0 unspecified atom stereocenters. The number of carbonyl (C=O) groups excluding carboxylic acids is 1. The van der Waals surface area contributed by atoms with E-state index < -0.39 is 12.1 Å². The molecule has 0 saturated heterocycles. The Hall–Kier alpha value is -1.81. The molecule has 0 aliphatic heterocycles. The molecule has 0 radical (unpaired) electrons. The molecule has 0 fully saturated rings. The van der Waals surface area contributed by atoms with Crippen LogP contribution in [0, 0.1) is 0 Å². The van der Waals surface area contributed by atoms with Crippen LogP contribution in [0.5, 0.6) is 0 Å². The number of ether oxygens (including phenoxy) is 1. The van der Waals surface area contributed by atoms with E-state index >= 15 is 0 Å². The van der Waals surface area contributed by atoms with Crippen molar-refractivity contribution in [1.29, 1.82) is 0 Å². The predicted molar refractivity (Wildman–Crippen MR) is 66.7 cm³/mol. The van der Waals surface area contributed by atoms with Crippen molar-refractivity contribution in [3.63, 3.8) is 0 Å².